The summed E-state index contributed by atoms with van der Waals surface area (Å²) in [7, 11) is 0. The molecule has 0 unspecified atom stereocenters. The third-order valence-electron chi connectivity index (χ3n) is 4.30. The highest BCUT2D eigenvalue weighted by atomic mass is 35.5. The van der Waals surface area contributed by atoms with E-state index in [1.807, 2.05) is 0 Å². The summed E-state index contributed by atoms with van der Waals surface area (Å²) in [5, 5.41) is 3.28. The van der Waals surface area contributed by atoms with Gasteiger partial charge in [-0.3, -0.25) is 9.78 Å². The maximum Gasteiger partial charge on any atom is 0.244 e. The van der Waals surface area contributed by atoms with E-state index in [-0.39, 0.29) is 23.3 Å². The number of hydrogen-bond donors (Lipinski definition) is 1. The Bertz CT molecular complexity index is 1210. The number of amides is 1. The van der Waals surface area contributed by atoms with Crippen LogP contribution in [0.4, 0.5) is 14.5 Å². The fourth-order valence-electron chi connectivity index (χ4n) is 2.86. The molecule has 0 saturated carbocycles. The molecule has 152 valence electrons. The van der Waals surface area contributed by atoms with Gasteiger partial charge in [0.15, 0.2) is 5.16 Å². The van der Waals surface area contributed by atoms with E-state index in [2.05, 4.69) is 15.3 Å². The standard InChI is InChI=1S/C21H15ClF2N4OS/c22-16-9-15(5-6-17(16)24)26-20(29)11-28-19-10-25-8-7-18(19)27-21(28)30-12-13-1-3-14(23)4-2-13/h1-10H,11-12H2,(H,26,29). The fourth-order valence-corrected chi connectivity index (χ4v) is 4.01. The molecule has 0 fully saturated rings. The van der Waals surface area contributed by atoms with Gasteiger partial charge in [-0.15, -0.1) is 0 Å². The Morgan fingerprint density at radius 1 is 1.13 bits per heavy atom. The number of anilines is 1. The molecule has 4 rings (SSSR count). The highest BCUT2D eigenvalue weighted by molar-refractivity contribution is 7.98. The van der Waals surface area contributed by atoms with E-state index in [9.17, 15) is 13.6 Å². The lowest BCUT2D eigenvalue weighted by molar-refractivity contribution is -0.116. The van der Waals surface area contributed by atoms with Gasteiger partial charge in [0.05, 0.1) is 22.3 Å². The molecule has 0 aliphatic carbocycles. The van der Waals surface area contributed by atoms with Crippen LogP contribution in [-0.2, 0) is 17.1 Å². The number of rotatable bonds is 6. The number of aromatic nitrogens is 3. The number of benzene rings is 2. The lowest BCUT2D eigenvalue weighted by Gasteiger charge is -2.10. The van der Waals surface area contributed by atoms with Crippen LogP contribution in [0.1, 0.15) is 5.56 Å². The number of carbonyl (C=O) groups is 1. The molecule has 4 aromatic rings. The molecule has 0 spiro atoms. The minimum Gasteiger partial charge on any atom is -0.324 e. The quantitative estimate of drug-likeness (QED) is 0.410. The summed E-state index contributed by atoms with van der Waals surface area (Å²) < 4.78 is 28.2. The van der Waals surface area contributed by atoms with Crippen molar-refractivity contribution in [2.24, 2.45) is 0 Å². The number of carbonyl (C=O) groups excluding carboxylic acids is 1. The van der Waals surface area contributed by atoms with Crippen LogP contribution in [0.25, 0.3) is 11.0 Å². The molecular weight excluding hydrogens is 430 g/mol. The zero-order valence-corrected chi connectivity index (χ0v) is 17.1. The first-order valence-corrected chi connectivity index (χ1v) is 10.3. The molecule has 0 saturated heterocycles. The van der Waals surface area contributed by atoms with Crippen LogP contribution in [0.15, 0.2) is 66.1 Å². The summed E-state index contributed by atoms with van der Waals surface area (Å²) in [6, 6.07) is 12.0. The number of halogens is 3. The van der Waals surface area contributed by atoms with Gasteiger partial charge in [0, 0.05) is 17.6 Å². The summed E-state index contributed by atoms with van der Waals surface area (Å²) in [5.41, 5.74) is 2.76. The molecule has 0 aliphatic heterocycles. The number of nitrogens with one attached hydrogen (secondary N) is 1. The lowest BCUT2D eigenvalue weighted by atomic mass is 10.2. The van der Waals surface area contributed by atoms with Crippen LogP contribution in [-0.4, -0.2) is 20.4 Å². The molecule has 5 nitrogen and oxygen atoms in total. The number of thioether (sulfide) groups is 1. The van der Waals surface area contributed by atoms with E-state index < -0.39 is 5.82 Å². The van der Waals surface area contributed by atoms with Gasteiger partial charge in [0.25, 0.3) is 0 Å². The summed E-state index contributed by atoms with van der Waals surface area (Å²) >= 11 is 7.21. The molecule has 0 radical (unpaired) electrons. The van der Waals surface area contributed by atoms with Gasteiger partial charge in [0.1, 0.15) is 18.2 Å². The maximum absolute atomic E-state index is 13.3. The first kappa shape index (κ1) is 20.3. The average molecular weight is 445 g/mol. The van der Waals surface area contributed by atoms with Crippen molar-refractivity contribution >= 4 is 46.0 Å². The molecule has 2 heterocycles. The third-order valence-corrected chi connectivity index (χ3v) is 5.64. The van der Waals surface area contributed by atoms with Crippen LogP contribution in [0.2, 0.25) is 5.02 Å². The van der Waals surface area contributed by atoms with E-state index in [0.717, 1.165) is 5.56 Å². The minimum atomic E-state index is -0.555. The van der Waals surface area contributed by atoms with Gasteiger partial charge in [-0.05, 0) is 42.0 Å². The van der Waals surface area contributed by atoms with Crippen molar-refractivity contribution < 1.29 is 13.6 Å². The normalized spacial score (nSPS) is 11.0. The molecule has 0 bridgehead atoms. The monoisotopic (exact) mass is 444 g/mol. The van der Waals surface area contributed by atoms with Crippen molar-refractivity contribution in [1.82, 2.24) is 14.5 Å². The number of nitrogens with zero attached hydrogens (tertiary/aromatic N) is 3. The van der Waals surface area contributed by atoms with Crippen LogP contribution < -0.4 is 5.32 Å². The van der Waals surface area contributed by atoms with Crippen LogP contribution >= 0.6 is 23.4 Å². The van der Waals surface area contributed by atoms with E-state index in [1.165, 1.54) is 42.1 Å². The molecule has 1 N–H and O–H groups in total. The van der Waals surface area contributed by atoms with Gasteiger partial charge in [-0.1, -0.05) is 35.5 Å². The van der Waals surface area contributed by atoms with Crippen molar-refractivity contribution in [3.05, 3.63) is 83.1 Å². The summed E-state index contributed by atoms with van der Waals surface area (Å²) in [4.78, 5) is 21.3. The number of hydrogen-bond acceptors (Lipinski definition) is 4. The SMILES string of the molecule is O=C(Cn1c(SCc2ccc(F)cc2)nc2ccncc21)Nc1ccc(F)c(Cl)c1. The largest absolute Gasteiger partial charge is 0.324 e. The highest BCUT2D eigenvalue weighted by Gasteiger charge is 2.15. The summed E-state index contributed by atoms with van der Waals surface area (Å²) in [6.45, 7) is -0.0110. The van der Waals surface area contributed by atoms with Gasteiger partial charge in [-0.2, -0.15) is 0 Å². The molecule has 9 heteroatoms. The lowest BCUT2D eigenvalue weighted by Crippen LogP contribution is -2.19. The Morgan fingerprint density at radius 2 is 1.93 bits per heavy atom. The first-order valence-electron chi connectivity index (χ1n) is 8.92. The fraction of sp³-hybridized carbons (Fsp3) is 0.0952. The predicted octanol–water partition coefficient (Wildman–Crippen LogP) is 5.29. The van der Waals surface area contributed by atoms with E-state index in [4.69, 9.17) is 11.6 Å². The molecule has 2 aromatic carbocycles. The van der Waals surface area contributed by atoms with Crippen molar-refractivity contribution in [1.29, 1.82) is 0 Å². The Morgan fingerprint density at radius 3 is 2.70 bits per heavy atom. The molecule has 0 atom stereocenters. The molecule has 0 aliphatic rings. The smallest absolute Gasteiger partial charge is 0.244 e. The molecule has 30 heavy (non-hydrogen) atoms. The Kier molecular flexibility index (Phi) is 5.96. The number of fused-ring (bicyclic) bond motifs is 1. The van der Waals surface area contributed by atoms with Crippen LogP contribution in [0.3, 0.4) is 0 Å². The van der Waals surface area contributed by atoms with Crippen molar-refractivity contribution in [2.75, 3.05) is 5.32 Å². The predicted molar refractivity (Wildman–Crippen MR) is 114 cm³/mol. The Balaban J connectivity index is 1.55. The Hall–Kier alpha value is -2.97. The minimum absolute atomic E-state index is 0.0110. The average Bonchev–Trinajstić information content (AvgIpc) is 3.08. The summed E-state index contributed by atoms with van der Waals surface area (Å²) in [5.74, 6) is -0.600. The van der Waals surface area contributed by atoms with Crippen LogP contribution in [0.5, 0.6) is 0 Å². The molecular formula is C21H15ClF2N4OS. The topological polar surface area (TPSA) is 59.8 Å². The highest BCUT2D eigenvalue weighted by Crippen LogP contribution is 2.27. The zero-order valence-electron chi connectivity index (χ0n) is 15.5. The van der Waals surface area contributed by atoms with Gasteiger partial charge in [0.2, 0.25) is 5.91 Å². The maximum atomic E-state index is 13.3. The van der Waals surface area contributed by atoms with Gasteiger partial charge < -0.3 is 9.88 Å². The zero-order chi connectivity index (χ0) is 21.1. The molecule has 1 amide bonds. The van der Waals surface area contributed by atoms with E-state index >= 15 is 0 Å². The Labute approximate surface area is 180 Å². The second-order valence-electron chi connectivity index (χ2n) is 6.44. The number of imidazole rings is 1. The van der Waals surface area contributed by atoms with Gasteiger partial charge in [-0.25, -0.2) is 13.8 Å². The number of pyridine rings is 1. The first-order chi connectivity index (χ1) is 14.5. The van der Waals surface area contributed by atoms with Crippen molar-refractivity contribution in [3.63, 3.8) is 0 Å². The second kappa shape index (κ2) is 8.81. The van der Waals surface area contributed by atoms with Gasteiger partial charge >= 0.3 is 0 Å². The summed E-state index contributed by atoms with van der Waals surface area (Å²) in [6.07, 6.45) is 3.28. The van der Waals surface area contributed by atoms with Crippen molar-refractivity contribution in [2.45, 2.75) is 17.5 Å². The molecule has 2 aromatic heterocycles. The van der Waals surface area contributed by atoms with Crippen molar-refractivity contribution in [3.8, 4) is 0 Å². The van der Waals surface area contributed by atoms with E-state index in [1.54, 1.807) is 35.2 Å². The van der Waals surface area contributed by atoms with E-state index in [0.29, 0.717) is 27.6 Å². The second-order valence-corrected chi connectivity index (χ2v) is 7.79. The van der Waals surface area contributed by atoms with Crippen LogP contribution in [0, 0.1) is 11.6 Å². The third kappa shape index (κ3) is 4.60.